The van der Waals surface area contributed by atoms with Crippen LogP contribution in [0.5, 0.6) is 0 Å². The maximum Gasteiger partial charge on any atom is 0.332 e. The van der Waals surface area contributed by atoms with Gasteiger partial charge in [0, 0.05) is 6.61 Å². The average Bonchev–Trinajstić information content (AvgIpc) is 2.39. The molecule has 1 aliphatic rings. The molecule has 4 N–H and O–H groups in total. The van der Waals surface area contributed by atoms with Gasteiger partial charge in [0.25, 0.3) is 5.41 Å². The Morgan fingerprint density at radius 1 is 0.857 bits per heavy atom. The second kappa shape index (κ2) is 6.89. The molecule has 0 aliphatic heterocycles. The zero-order valence-electron chi connectivity index (χ0n) is 11.9. The summed E-state index contributed by atoms with van der Waals surface area (Å²) in [5, 5.41) is 36.5. The minimum Gasteiger partial charge on any atom is -0.480 e. The Hall–Kier alpha value is -1.63. The summed E-state index contributed by atoms with van der Waals surface area (Å²) >= 11 is 0. The third-order valence-electron chi connectivity index (χ3n) is 4.68. The molecular formula is C14H22O7. The van der Waals surface area contributed by atoms with Crippen LogP contribution in [0, 0.1) is 10.8 Å². The fourth-order valence-electron chi connectivity index (χ4n) is 3.21. The Balaban J connectivity index is 2.95. The molecule has 7 nitrogen and oxygen atoms in total. The summed E-state index contributed by atoms with van der Waals surface area (Å²) in [7, 11) is 0. The first-order valence-corrected chi connectivity index (χ1v) is 7.12. The summed E-state index contributed by atoms with van der Waals surface area (Å²) in [6, 6.07) is 0. The van der Waals surface area contributed by atoms with Crippen LogP contribution in [0.3, 0.4) is 0 Å². The van der Waals surface area contributed by atoms with Crippen LogP contribution in [0.25, 0.3) is 0 Å². The molecule has 0 aromatic carbocycles. The summed E-state index contributed by atoms with van der Waals surface area (Å²) in [6.07, 6.45) is 4.61. The normalized spacial score (nSPS) is 18.1. The number of carboxylic acids is 3. The average molecular weight is 302 g/mol. The van der Waals surface area contributed by atoms with Gasteiger partial charge in [0.15, 0.2) is 0 Å². The van der Waals surface area contributed by atoms with Crippen LogP contribution < -0.4 is 0 Å². The van der Waals surface area contributed by atoms with E-state index < -0.39 is 29.7 Å². The lowest BCUT2D eigenvalue weighted by molar-refractivity contribution is -0.176. The number of aliphatic hydroxyl groups excluding tert-OH is 1. The summed E-state index contributed by atoms with van der Waals surface area (Å²) in [4.78, 5) is 33.7. The van der Waals surface area contributed by atoms with Gasteiger partial charge < -0.3 is 20.4 Å². The van der Waals surface area contributed by atoms with E-state index in [1.165, 1.54) is 0 Å². The van der Waals surface area contributed by atoms with E-state index in [0.717, 1.165) is 32.1 Å². The van der Waals surface area contributed by atoms with E-state index in [1.54, 1.807) is 0 Å². The van der Waals surface area contributed by atoms with E-state index in [9.17, 15) is 19.5 Å². The van der Waals surface area contributed by atoms with Gasteiger partial charge in [-0.3, -0.25) is 14.4 Å². The van der Waals surface area contributed by atoms with Crippen molar-refractivity contribution >= 4 is 17.9 Å². The number of carbonyl (C=O) groups is 3. The molecule has 0 heterocycles. The molecule has 0 aromatic rings. The summed E-state index contributed by atoms with van der Waals surface area (Å²) < 4.78 is 0. The predicted molar refractivity (Wildman–Crippen MR) is 71.8 cm³/mol. The molecule has 21 heavy (non-hydrogen) atoms. The summed E-state index contributed by atoms with van der Waals surface area (Å²) in [6.45, 7) is -0.0692. The van der Waals surface area contributed by atoms with Crippen LogP contribution in [-0.4, -0.2) is 44.9 Å². The van der Waals surface area contributed by atoms with Crippen molar-refractivity contribution in [2.45, 2.75) is 51.4 Å². The van der Waals surface area contributed by atoms with Gasteiger partial charge in [0.2, 0.25) is 0 Å². The van der Waals surface area contributed by atoms with E-state index >= 15 is 0 Å². The maximum absolute atomic E-state index is 11.2. The molecule has 0 unspecified atom stereocenters. The van der Waals surface area contributed by atoms with E-state index in [1.807, 2.05) is 0 Å². The monoisotopic (exact) mass is 302 g/mol. The molecule has 0 bridgehead atoms. The fraction of sp³-hybridized carbons (Fsp3) is 0.786. The topological polar surface area (TPSA) is 132 Å². The van der Waals surface area contributed by atoms with Crippen LogP contribution in [0.2, 0.25) is 0 Å². The van der Waals surface area contributed by atoms with Crippen LogP contribution in [-0.2, 0) is 14.4 Å². The number of carboxylic acid groups (broad SMARTS) is 3. The molecule has 0 atom stereocenters. The summed E-state index contributed by atoms with van der Waals surface area (Å²) in [5.74, 6) is -5.55. The third kappa shape index (κ3) is 3.53. The molecular weight excluding hydrogens is 280 g/mol. The van der Waals surface area contributed by atoms with Crippen LogP contribution >= 0.6 is 0 Å². The Morgan fingerprint density at radius 3 is 1.71 bits per heavy atom. The Kier molecular flexibility index (Phi) is 5.71. The number of hydrogen-bond acceptors (Lipinski definition) is 4. The standard InChI is InChI=1S/C14H22O7/c15-9-8-13(4-2-1-3-5-13)6-7-14(10(16)17,11(18)19)12(20)21/h15H,1-9H2,(H,16,17)(H,18,19)(H,20,21). The van der Waals surface area contributed by atoms with Gasteiger partial charge in [-0.25, -0.2) is 0 Å². The van der Waals surface area contributed by atoms with Crippen LogP contribution in [0.1, 0.15) is 51.4 Å². The highest BCUT2D eigenvalue weighted by molar-refractivity contribution is 6.16. The number of aliphatic hydroxyl groups is 1. The molecule has 0 radical (unpaired) electrons. The van der Waals surface area contributed by atoms with Crippen molar-refractivity contribution in [1.29, 1.82) is 0 Å². The van der Waals surface area contributed by atoms with E-state index in [2.05, 4.69) is 0 Å². The van der Waals surface area contributed by atoms with E-state index in [-0.39, 0.29) is 18.4 Å². The minimum absolute atomic E-state index is 0.0692. The van der Waals surface area contributed by atoms with Crippen molar-refractivity contribution in [2.75, 3.05) is 6.61 Å². The molecule has 7 heteroatoms. The molecule has 0 saturated heterocycles. The first-order valence-electron chi connectivity index (χ1n) is 7.12. The smallest absolute Gasteiger partial charge is 0.332 e. The molecule has 1 fully saturated rings. The zero-order chi connectivity index (χ0) is 16.1. The SMILES string of the molecule is O=C(O)C(CCC1(CCO)CCCCC1)(C(=O)O)C(=O)O. The van der Waals surface area contributed by atoms with Gasteiger partial charge in [0.1, 0.15) is 0 Å². The highest BCUT2D eigenvalue weighted by Crippen LogP contribution is 2.45. The molecule has 1 aliphatic carbocycles. The van der Waals surface area contributed by atoms with Gasteiger partial charge in [0.05, 0.1) is 0 Å². The van der Waals surface area contributed by atoms with Crippen molar-refractivity contribution in [3.63, 3.8) is 0 Å². The Bertz CT molecular complexity index is 368. The number of hydrogen-bond donors (Lipinski definition) is 4. The molecule has 0 aromatic heterocycles. The lowest BCUT2D eigenvalue weighted by Gasteiger charge is -2.38. The maximum atomic E-state index is 11.2. The first-order chi connectivity index (χ1) is 9.81. The highest BCUT2D eigenvalue weighted by atomic mass is 16.4. The molecule has 0 amide bonds. The molecule has 120 valence electrons. The van der Waals surface area contributed by atoms with Crippen molar-refractivity contribution in [1.82, 2.24) is 0 Å². The highest BCUT2D eigenvalue weighted by Gasteiger charge is 2.55. The fourth-order valence-corrected chi connectivity index (χ4v) is 3.21. The van der Waals surface area contributed by atoms with Gasteiger partial charge in [-0.1, -0.05) is 19.3 Å². The minimum atomic E-state index is -2.81. The molecule has 1 rings (SSSR count). The third-order valence-corrected chi connectivity index (χ3v) is 4.68. The lowest BCUT2D eigenvalue weighted by Crippen LogP contribution is -2.47. The van der Waals surface area contributed by atoms with Crippen LogP contribution in [0.15, 0.2) is 0 Å². The van der Waals surface area contributed by atoms with Gasteiger partial charge in [-0.05, 0) is 37.5 Å². The lowest BCUT2D eigenvalue weighted by atomic mass is 9.66. The van der Waals surface area contributed by atoms with E-state index in [0.29, 0.717) is 6.42 Å². The molecule has 0 spiro atoms. The second-order valence-electron chi connectivity index (χ2n) is 5.86. The predicted octanol–water partition coefficient (Wildman–Crippen LogP) is 1.34. The number of aliphatic carboxylic acids is 3. The van der Waals surface area contributed by atoms with Crippen molar-refractivity contribution in [3.05, 3.63) is 0 Å². The van der Waals surface area contributed by atoms with Crippen LogP contribution in [0.4, 0.5) is 0 Å². The molecule has 1 saturated carbocycles. The van der Waals surface area contributed by atoms with Crippen molar-refractivity contribution in [3.8, 4) is 0 Å². The van der Waals surface area contributed by atoms with Gasteiger partial charge >= 0.3 is 17.9 Å². The summed E-state index contributed by atoms with van der Waals surface area (Å²) in [5.41, 5.74) is -3.15. The largest absolute Gasteiger partial charge is 0.480 e. The van der Waals surface area contributed by atoms with E-state index in [4.69, 9.17) is 15.3 Å². The Labute approximate surface area is 122 Å². The first kappa shape index (κ1) is 17.4. The second-order valence-corrected chi connectivity index (χ2v) is 5.86. The van der Waals surface area contributed by atoms with Gasteiger partial charge in [-0.2, -0.15) is 0 Å². The quantitative estimate of drug-likeness (QED) is 0.497. The Morgan fingerprint density at radius 2 is 1.33 bits per heavy atom. The van der Waals surface area contributed by atoms with Gasteiger partial charge in [-0.15, -0.1) is 0 Å². The zero-order valence-corrected chi connectivity index (χ0v) is 11.9. The van der Waals surface area contributed by atoms with Crippen molar-refractivity contribution in [2.24, 2.45) is 10.8 Å². The van der Waals surface area contributed by atoms with Crippen molar-refractivity contribution < 1.29 is 34.8 Å². The number of rotatable bonds is 8.